The lowest BCUT2D eigenvalue weighted by Crippen LogP contribution is -2.62. The number of aliphatic hydroxyl groups excluding tert-OH is 7. The van der Waals surface area contributed by atoms with E-state index in [0.717, 1.165) is 19.3 Å². The zero-order chi connectivity index (χ0) is 31.0. The largest absolute Gasteiger partial charge is 0.463 e. The summed E-state index contributed by atoms with van der Waals surface area (Å²) in [5, 5.41) is 70.5. The third-order valence-electron chi connectivity index (χ3n) is 8.28. The van der Waals surface area contributed by atoms with E-state index in [9.17, 15) is 40.5 Å². The molecule has 0 aromatic heterocycles. The quantitative estimate of drug-likeness (QED) is 0.0691. The SMILES string of the molecule is CCCCCCCCCCCCCCCCCC(=O)OCC1OC(OC2(CO)OC(CO)C(O)C2O)C(O)C(O)C1O. The molecule has 0 aromatic carbocycles. The average molecular weight is 609 g/mol. The van der Waals surface area contributed by atoms with Gasteiger partial charge >= 0.3 is 5.97 Å². The number of esters is 1. The number of rotatable bonds is 22. The second kappa shape index (κ2) is 20.2. The number of unbranched alkanes of at least 4 members (excludes halogenated alkanes) is 14. The number of carbonyl (C=O) groups excluding carboxylic acids is 1. The zero-order valence-electron chi connectivity index (χ0n) is 25.2. The highest BCUT2D eigenvalue weighted by atomic mass is 16.8. The number of aliphatic hydroxyl groups is 7. The first-order chi connectivity index (χ1) is 20.2. The molecule has 2 saturated heterocycles. The van der Waals surface area contributed by atoms with E-state index >= 15 is 0 Å². The zero-order valence-corrected chi connectivity index (χ0v) is 25.2. The van der Waals surface area contributed by atoms with E-state index in [4.69, 9.17) is 18.9 Å². The Labute approximate surface area is 249 Å². The third-order valence-corrected chi connectivity index (χ3v) is 8.28. The van der Waals surface area contributed by atoms with E-state index in [1.54, 1.807) is 0 Å². The smallest absolute Gasteiger partial charge is 0.305 e. The van der Waals surface area contributed by atoms with Crippen LogP contribution in [0.2, 0.25) is 0 Å². The monoisotopic (exact) mass is 608 g/mol. The molecule has 0 radical (unpaired) electrons. The minimum Gasteiger partial charge on any atom is -0.463 e. The van der Waals surface area contributed by atoms with Gasteiger partial charge in [-0.3, -0.25) is 4.79 Å². The van der Waals surface area contributed by atoms with Crippen LogP contribution in [-0.4, -0.2) is 116 Å². The van der Waals surface area contributed by atoms with Crippen LogP contribution >= 0.6 is 0 Å². The molecule has 12 heteroatoms. The molecule has 2 aliphatic rings. The number of ether oxygens (including phenoxy) is 4. The van der Waals surface area contributed by atoms with E-state index in [1.165, 1.54) is 70.6 Å². The van der Waals surface area contributed by atoms with Crippen molar-refractivity contribution in [3.8, 4) is 0 Å². The fraction of sp³-hybridized carbons (Fsp3) is 0.967. The maximum absolute atomic E-state index is 12.2. The molecule has 2 fully saturated rings. The summed E-state index contributed by atoms with van der Waals surface area (Å²) in [5.41, 5.74) is 0. The van der Waals surface area contributed by atoms with Crippen LogP contribution in [0.3, 0.4) is 0 Å². The number of hydrogen-bond acceptors (Lipinski definition) is 12. The van der Waals surface area contributed by atoms with Gasteiger partial charge in [-0.25, -0.2) is 0 Å². The molecular weight excluding hydrogens is 552 g/mol. The van der Waals surface area contributed by atoms with Gasteiger partial charge in [-0.1, -0.05) is 96.8 Å². The van der Waals surface area contributed by atoms with Gasteiger partial charge in [-0.2, -0.15) is 0 Å². The Morgan fingerprint density at radius 2 is 1.21 bits per heavy atom. The Morgan fingerprint density at radius 1 is 0.690 bits per heavy atom. The van der Waals surface area contributed by atoms with Crippen molar-refractivity contribution in [2.24, 2.45) is 0 Å². The van der Waals surface area contributed by atoms with Gasteiger partial charge in [0.05, 0.1) is 6.61 Å². The molecule has 9 atom stereocenters. The van der Waals surface area contributed by atoms with Crippen molar-refractivity contribution in [3.05, 3.63) is 0 Å². The highest BCUT2D eigenvalue weighted by Crippen LogP contribution is 2.36. The van der Waals surface area contributed by atoms with E-state index < -0.39 is 80.6 Å². The Kier molecular flexibility index (Phi) is 17.9. The Balaban J connectivity index is 1.61. The Morgan fingerprint density at radius 3 is 1.69 bits per heavy atom. The molecule has 9 unspecified atom stereocenters. The Hall–Kier alpha value is -0.930. The van der Waals surface area contributed by atoms with Gasteiger partial charge < -0.3 is 54.7 Å². The first-order valence-corrected chi connectivity index (χ1v) is 16.0. The van der Waals surface area contributed by atoms with Gasteiger partial charge in [0.25, 0.3) is 0 Å². The maximum Gasteiger partial charge on any atom is 0.305 e. The molecule has 0 saturated carbocycles. The fourth-order valence-electron chi connectivity index (χ4n) is 5.51. The van der Waals surface area contributed by atoms with Crippen LogP contribution in [0.25, 0.3) is 0 Å². The van der Waals surface area contributed by atoms with Gasteiger partial charge in [0.15, 0.2) is 6.29 Å². The van der Waals surface area contributed by atoms with Crippen LogP contribution < -0.4 is 0 Å². The molecule has 0 aliphatic carbocycles. The Bertz CT molecular complexity index is 726. The molecule has 42 heavy (non-hydrogen) atoms. The van der Waals surface area contributed by atoms with E-state index in [1.807, 2.05) is 0 Å². The summed E-state index contributed by atoms with van der Waals surface area (Å²) in [6.07, 6.45) is 5.52. The maximum atomic E-state index is 12.2. The summed E-state index contributed by atoms with van der Waals surface area (Å²) >= 11 is 0. The summed E-state index contributed by atoms with van der Waals surface area (Å²) in [5.74, 6) is -2.76. The molecular formula is C30H56O12. The second-order valence-corrected chi connectivity index (χ2v) is 11.8. The van der Waals surface area contributed by atoms with E-state index in [0.29, 0.717) is 6.42 Å². The normalized spacial score (nSPS) is 33.2. The molecule has 7 N–H and O–H groups in total. The predicted octanol–water partition coefficient (Wildman–Crippen LogP) is 1.42. The van der Waals surface area contributed by atoms with Crippen molar-refractivity contribution in [1.29, 1.82) is 0 Å². The minimum absolute atomic E-state index is 0.195. The standard InChI is InChI=1S/C30H56O12/c1-2-3-4-5-6-7-8-9-10-11-12-13-14-15-16-17-23(33)39-19-22-24(34)26(36)27(37)29(40-22)42-30(20-32)28(38)25(35)21(18-31)41-30/h21-22,24-29,31-32,34-38H,2-20H2,1H3. The first kappa shape index (κ1) is 37.3. The lowest BCUT2D eigenvalue weighted by molar-refractivity contribution is -0.383. The summed E-state index contributed by atoms with van der Waals surface area (Å²) in [7, 11) is 0. The lowest BCUT2D eigenvalue weighted by atomic mass is 9.99. The van der Waals surface area contributed by atoms with Crippen molar-refractivity contribution in [3.63, 3.8) is 0 Å². The highest BCUT2D eigenvalue weighted by Gasteiger charge is 2.58. The lowest BCUT2D eigenvalue weighted by Gasteiger charge is -2.43. The summed E-state index contributed by atoms with van der Waals surface area (Å²) in [4.78, 5) is 12.2. The molecule has 0 amide bonds. The van der Waals surface area contributed by atoms with Crippen LogP contribution in [0, 0.1) is 0 Å². The van der Waals surface area contributed by atoms with Crippen molar-refractivity contribution in [1.82, 2.24) is 0 Å². The van der Waals surface area contributed by atoms with Crippen LogP contribution in [0.1, 0.15) is 110 Å². The molecule has 2 aliphatic heterocycles. The molecule has 2 heterocycles. The van der Waals surface area contributed by atoms with Gasteiger partial charge in [0, 0.05) is 6.42 Å². The molecule has 0 bridgehead atoms. The molecule has 0 aromatic rings. The number of carbonyl (C=O) groups is 1. The average Bonchev–Trinajstić information content (AvgIpc) is 3.23. The summed E-state index contributed by atoms with van der Waals surface area (Å²) < 4.78 is 21.5. The highest BCUT2D eigenvalue weighted by molar-refractivity contribution is 5.69. The van der Waals surface area contributed by atoms with E-state index in [-0.39, 0.29) is 6.42 Å². The van der Waals surface area contributed by atoms with Crippen molar-refractivity contribution in [2.45, 2.75) is 164 Å². The topological polar surface area (TPSA) is 196 Å². The first-order valence-electron chi connectivity index (χ1n) is 16.0. The molecule has 248 valence electrons. The summed E-state index contributed by atoms with van der Waals surface area (Å²) in [6, 6.07) is 0. The van der Waals surface area contributed by atoms with Crippen LogP contribution in [0.4, 0.5) is 0 Å². The van der Waals surface area contributed by atoms with Gasteiger partial charge in [0.1, 0.15) is 55.9 Å². The second-order valence-electron chi connectivity index (χ2n) is 11.8. The molecule has 2 rings (SSSR count). The fourth-order valence-corrected chi connectivity index (χ4v) is 5.51. The minimum atomic E-state index is -2.27. The third kappa shape index (κ3) is 11.5. The molecule has 0 spiro atoms. The van der Waals surface area contributed by atoms with Crippen LogP contribution in [-0.2, 0) is 23.7 Å². The van der Waals surface area contributed by atoms with Crippen molar-refractivity contribution >= 4 is 5.97 Å². The number of hydrogen-bond donors (Lipinski definition) is 7. The van der Waals surface area contributed by atoms with Crippen LogP contribution in [0.5, 0.6) is 0 Å². The van der Waals surface area contributed by atoms with Gasteiger partial charge in [-0.05, 0) is 6.42 Å². The van der Waals surface area contributed by atoms with E-state index in [2.05, 4.69) is 6.92 Å². The molecule has 12 nitrogen and oxygen atoms in total. The van der Waals surface area contributed by atoms with Crippen LogP contribution in [0.15, 0.2) is 0 Å². The summed E-state index contributed by atoms with van der Waals surface area (Å²) in [6.45, 7) is 0.146. The van der Waals surface area contributed by atoms with Crippen molar-refractivity contribution < 1.29 is 59.5 Å². The predicted molar refractivity (Wildman–Crippen MR) is 152 cm³/mol. The van der Waals surface area contributed by atoms with Crippen molar-refractivity contribution in [2.75, 3.05) is 19.8 Å². The van der Waals surface area contributed by atoms with Gasteiger partial charge in [0.2, 0.25) is 5.79 Å². The van der Waals surface area contributed by atoms with Gasteiger partial charge in [-0.15, -0.1) is 0 Å².